The van der Waals surface area contributed by atoms with Crippen molar-refractivity contribution in [1.82, 2.24) is 30.6 Å². The first-order chi connectivity index (χ1) is 14.5. The number of fused-ring (bicyclic) bond motifs is 1. The van der Waals surface area contributed by atoms with Crippen molar-refractivity contribution in [1.29, 1.82) is 0 Å². The molecule has 1 aliphatic heterocycles. The van der Waals surface area contributed by atoms with E-state index in [0.29, 0.717) is 37.3 Å². The maximum Gasteiger partial charge on any atom is 0.323 e. The van der Waals surface area contributed by atoms with Crippen molar-refractivity contribution in [2.45, 2.75) is 32.2 Å². The number of rotatable bonds is 5. The maximum absolute atomic E-state index is 12.6. The Morgan fingerprint density at radius 3 is 2.70 bits per heavy atom. The largest absolute Gasteiger partial charge is 0.324 e. The molecule has 0 atom stereocenters. The van der Waals surface area contributed by atoms with Crippen LogP contribution in [0, 0.1) is 6.92 Å². The minimum Gasteiger partial charge on any atom is -0.324 e. The molecule has 11 heteroatoms. The van der Waals surface area contributed by atoms with E-state index in [0.717, 1.165) is 21.0 Å². The van der Waals surface area contributed by atoms with Crippen molar-refractivity contribution in [2.24, 2.45) is 0 Å². The highest BCUT2D eigenvalue weighted by Crippen LogP contribution is 2.26. The lowest BCUT2D eigenvalue weighted by Gasteiger charge is -2.32. The highest BCUT2D eigenvalue weighted by Gasteiger charge is 2.23. The van der Waals surface area contributed by atoms with Crippen molar-refractivity contribution in [3.8, 4) is 10.6 Å². The van der Waals surface area contributed by atoms with Crippen molar-refractivity contribution in [2.75, 3.05) is 25.0 Å². The van der Waals surface area contributed by atoms with E-state index >= 15 is 0 Å². The fourth-order valence-corrected chi connectivity index (χ4v) is 4.07. The Kier molecular flexibility index (Phi) is 6.09. The maximum atomic E-state index is 12.6. The summed E-state index contributed by atoms with van der Waals surface area (Å²) in [6, 6.07) is 7.23. The van der Waals surface area contributed by atoms with Crippen molar-refractivity contribution >= 4 is 34.1 Å². The van der Waals surface area contributed by atoms with Crippen LogP contribution in [0.1, 0.15) is 17.8 Å². The van der Waals surface area contributed by atoms with Gasteiger partial charge < -0.3 is 10.2 Å². The zero-order valence-electron chi connectivity index (χ0n) is 16.3. The summed E-state index contributed by atoms with van der Waals surface area (Å²) in [4.78, 5) is 14.2. The van der Waals surface area contributed by atoms with Gasteiger partial charge in [-0.1, -0.05) is 11.3 Å². The van der Waals surface area contributed by atoms with Gasteiger partial charge in [0.1, 0.15) is 10.0 Å². The second-order valence-corrected chi connectivity index (χ2v) is 8.30. The molecule has 0 aliphatic carbocycles. The third-order valence-corrected chi connectivity index (χ3v) is 5.82. The smallest absolute Gasteiger partial charge is 0.323 e. The summed E-state index contributed by atoms with van der Waals surface area (Å²) in [5.74, 6) is 0.357. The zero-order valence-corrected chi connectivity index (χ0v) is 17.1. The Bertz CT molecular complexity index is 1040. The number of carbonyl (C=O) groups is 1. The lowest BCUT2D eigenvalue weighted by Crippen LogP contribution is -2.47. The molecule has 2 N–H and O–H groups in total. The molecular formula is C19H21F2N7OS. The number of alkyl halides is 2. The van der Waals surface area contributed by atoms with Gasteiger partial charge in [0.05, 0.1) is 12.1 Å². The van der Waals surface area contributed by atoms with Gasteiger partial charge in [-0.05, 0) is 44.0 Å². The van der Waals surface area contributed by atoms with Crippen LogP contribution in [0.5, 0.6) is 0 Å². The molecule has 1 saturated heterocycles. The fourth-order valence-electron chi connectivity index (χ4n) is 3.38. The number of halogens is 2. The summed E-state index contributed by atoms with van der Waals surface area (Å²) in [7, 11) is 0. The van der Waals surface area contributed by atoms with E-state index in [2.05, 4.69) is 31.0 Å². The number of urea groups is 1. The van der Waals surface area contributed by atoms with Crippen LogP contribution < -0.4 is 10.6 Å². The Hall–Kier alpha value is -2.79. The molecule has 0 spiro atoms. The summed E-state index contributed by atoms with van der Waals surface area (Å²) in [5, 5.41) is 24.6. The minimum absolute atomic E-state index is 0.00548. The van der Waals surface area contributed by atoms with E-state index in [1.54, 1.807) is 11.0 Å². The van der Waals surface area contributed by atoms with Gasteiger partial charge in [0.15, 0.2) is 5.82 Å². The predicted molar refractivity (Wildman–Crippen MR) is 111 cm³/mol. The number of hydrogen-bond donors (Lipinski definition) is 2. The molecule has 0 radical (unpaired) electrons. The Labute approximate surface area is 175 Å². The molecule has 4 rings (SSSR count). The van der Waals surface area contributed by atoms with Gasteiger partial charge in [0.2, 0.25) is 0 Å². The molecule has 1 aromatic carbocycles. The van der Waals surface area contributed by atoms with Crippen LogP contribution in [0.25, 0.3) is 21.5 Å². The molecule has 158 valence electrons. The van der Waals surface area contributed by atoms with Gasteiger partial charge in [-0.2, -0.15) is 0 Å². The van der Waals surface area contributed by atoms with Crippen molar-refractivity contribution in [3.05, 3.63) is 29.3 Å². The first-order valence-electron chi connectivity index (χ1n) is 9.63. The standard InChI is InChI=1S/C19H21F2N7OS/c1-11-24-27-18(30-11)12-2-3-15-13(8-12)9-17(26-25-15)23-19(29)28-6-4-14(5-7-28)22-10-16(20)21/h2-3,8-9,14,16,22H,4-7,10H2,1H3,(H,23,26,29). The number of hydrogen-bond acceptors (Lipinski definition) is 7. The van der Waals surface area contributed by atoms with Gasteiger partial charge in [-0.3, -0.25) is 5.32 Å². The monoisotopic (exact) mass is 433 g/mol. The molecule has 3 aromatic rings. The number of piperidine rings is 1. The molecule has 2 aromatic heterocycles. The average Bonchev–Trinajstić information content (AvgIpc) is 3.18. The highest BCUT2D eigenvalue weighted by atomic mass is 32.1. The molecule has 3 heterocycles. The SMILES string of the molecule is Cc1nnc(-c2ccc3nnc(NC(=O)N4CCC(NCC(F)F)CC4)cc3c2)s1. The molecule has 2 amide bonds. The lowest BCUT2D eigenvalue weighted by atomic mass is 10.1. The molecule has 0 saturated carbocycles. The zero-order chi connectivity index (χ0) is 21.1. The second kappa shape index (κ2) is 8.92. The van der Waals surface area contributed by atoms with E-state index in [1.165, 1.54) is 11.3 Å². The van der Waals surface area contributed by atoms with Crippen LogP contribution >= 0.6 is 11.3 Å². The van der Waals surface area contributed by atoms with Gasteiger partial charge in [0.25, 0.3) is 6.43 Å². The third-order valence-electron chi connectivity index (χ3n) is 4.94. The number of likely N-dealkylation sites (tertiary alicyclic amines) is 1. The van der Waals surface area contributed by atoms with Crippen LogP contribution in [0.2, 0.25) is 0 Å². The highest BCUT2D eigenvalue weighted by molar-refractivity contribution is 7.14. The molecular weight excluding hydrogens is 412 g/mol. The first-order valence-corrected chi connectivity index (χ1v) is 10.4. The number of nitrogens with zero attached hydrogens (tertiary/aromatic N) is 5. The Morgan fingerprint density at radius 1 is 1.20 bits per heavy atom. The van der Waals surface area contributed by atoms with Crippen molar-refractivity contribution in [3.63, 3.8) is 0 Å². The summed E-state index contributed by atoms with van der Waals surface area (Å²) in [5.41, 5.74) is 1.64. The van der Waals surface area contributed by atoms with E-state index in [4.69, 9.17) is 0 Å². The Balaban J connectivity index is 1.40. The molecule has 0 unspecified atom stereocenters. The normalized spacial score (nSPS) is 15.1. The first kappa shape index (κ1) is 20.5. The summed E-state index contributed by atoms with van der Waals surface area (Å²) in [6.45, 7) is 2.57. The molecule has 0 bridgehead atoms. The number of amides is 2. The van der Waals surface area contributed by atoms with E-state index < -0.39 is 6.43 Å². The van der Waals surface area contributed by atoms with E-state index in [1.807, 2.05) is 25.1 Å². The fraction of sp³-hybridized carbons (Fsp3) is 0.421. The molecule has 8 nitrogen and oxygen atoms in total. The van der Waals surface area contributed by atoms with Gasteiger partial charge in [-0.25, -0.2) is 13.6 Å². The van der Waals surface area contributed by atoms with E-state index in [9.17, 15) is 13.6 Å². The second-order valence-electron chi connectivity index (χ2n) is 7.12. The molecule has 1 fully saturated rings. The van der Waals surface area contributed by atoms with Crippen LogP contribution in [-0.4, -0.2) is 63.4 Å². The number of anilines is 1. The molecule has 30 heavy (non-hydrogen) atoms. The van der Waals surface area contributed by atoms with Gasteiger partial charge in [0, 0.05) is 30.1 Å². The number of aromatic nitrogens is 4. The Morgan fingerprint density at radius 2 is 2.00 bits per heavy atom. The average molecular weight is 433 g/mol. The summed E-state index contributed by atoms with van der Waals surface area (Å²) in [6.07, 6.45) is -1.10. The third kappa shape index (κ3) is 4.85. The van der Waals surface area contributed by atoms with Crippen LogP contribution in [0.15, 0.2) is 24.3 Å². The quantitative estimate of drug-likeness (QED) is 0.641. The minimum atomic E-state index is -2.37. The number of nitrogens with one attached hydrogen (secondary N) is 2. The summed E-state index contributed by atoms with van der Waals surface area (Å²) >= 11 is 1.51. The van der Waals surface area contributed by atoms with Gasteiger partial charge in [-0.15, -0.1) is 20.4 Å². The molecule has 1 aliphatic rings. The summed E-state index contributed by atoms with van der Waals surface area (Å²) < 4.78 is 24.6. The lowest BCUT2D eigenvalue weighted by molar-refractivity contribution is 0.132. The van der Waals surface area contributed by atoms with Crippen molar-refractivity contribution < 1.29 is 13.6 Å². The van der Waals surface area contributed by atoms with Crippen LogP contribution in [-0.2, 0) is 0 Å². The van der Waals surface area contributed by atoms with Gasteiger partial charge >= 0.3 is 6.03 Å². The van der Waals surface area contributed by atoms with Crippen LogP contribution in [0.3, 0.4) is 0 Å². The predicted octanol–water partition coefficient (Wildman–Crippen LogP) is 3.31. The number of aryl methyl sites for hydroxylation is 1. The van der Waals surface area contributed by atoms with Crippen LogP contribution in [0.4, 0.5) is 19.4 Å². The number of carbonyl (C=O) groups excluding carboxylic acids is 1. The van der Waals surface area contributed by atoms with E-state index in [-0.39, 0.29) is 18.6 Å². The number of benzene rings is 1. The topological polar surface area (TPSA) is 95.9 Å².